The van der Waals surface area contributed by atoms with Crippen molar-refractivity contribution < 1.29 is 5.11 Å². The van der Waals surface area contributed by atoms with E-state index in [1.165, 1.54) is 5.56 Å². The van der Waals surface area contributed by atoms with Crippen LogP contribution >= 0.6 is 15.9 Å². The molecule has 0 aromatic heterocycles. The van der Waals surface area contributed by atoms with Crippen molar-refractivity contribution in [1.29, 1.82) is 0 Å². The van der Waals surface area contributed by atoms with Crippen LogP contribution in [0.15, 0.2) is 28.7 Å². The highest BCUT2D eigenvalue weighted by Gasteiger charge is 2.10. The predicted octanol–water partition coefficient (Wildman–Crippen LogP) is 2.80. The summed E-state index contributed by atoms with van der Waals surface area (Å²) in [6.45, 7) is 6.25. The third kappa shape index (κ3) is 4.64. The molecule has 1 aromatic rings. The SMILES string of the molecule is CC(C)C(CO)CNCc1cccc(Br)c1. The van der Waals surface area contributed by atoms with Crippen LogP contribution in [-0.4, -0.2) is 18.3 Å². The van der Waals surface area contributed by atoms with Gasteiger partial charge in [0, 0.05) is 24.2 Å². The summed E-state index contributed by atoms with van der Waals surface area (Å²) in [5, 5.41) is 12.6. The molecule has 16 heavy (non-hydrogen) atoms. The summed E-state index contributed by atoms with van der Waals surface area (Å²) in [6, 6.07) is 8.26. The van der Waals surface area contributed by atoms with Crippen molar-refractivity contribution in [2.75, 3.05) is 13.2 Å². The van der Waals surface area contributed by atoms with Crippen LogP contribution in [0.25, 0.3) is 0 Å². The zero-order chi connectivity index (χ0) is 12.0. The summed E-state index contributed by atoms with van der Waals surface area (Å²) < 4.78 is 1.11. The number of benzene rings is 1. The second-order valence-electron chi connectivity index (χ2n) is 4.45. The Morgan fingerprint density at radius 1 is 1.38 bits per heavy atom. The Morgan fingerprint density at radius 2 is 2.12 bits per heavy atom. The Kier molecular flexibility index (Phi) is 6.03. The topological polar surface area (TPSA) is 32.3 Å². The van der Waals surface area contributed by atoms with Crippen LogP contribution < -0.4 is 5.32 Å². The largest absolute Gasteiger partial charge is 0.396 e. The molecule has 2 N–H and O–H groups in total. The molecule has 0 aliphatic heterocycles. The smallest absolute Gasteiger partial charge is 0.0473 e. The lowest BCUT2D eigenvalue weighted by molar-refractivity contribution is 0.186. The Bertz CT molecular complexity index is 315. The van der Waals surface area contributed by atoms with Crippen LogP contribution in [0.1, 0.15) is 19.4 Å². The maximum atomic E-state index is 9.19. The van der Waals surface area contributed by atoms with Crippen molar-refractivity contribution in [2.45, 2.75) is 20.4 Å². The molecule has 0 heterocycles. The van der Waals surface area contributed by atoms with Gasteiger partial charge in [-0.05, 0) is 29.5 Å². The first kappa shape index (κ1) is 13.7. The van der Waals surface area contributed by atoms with Gasteiger partial charge in [-0.1, -0.05) is 41.9 Å². The summed E-state index contributed by atoms with van der Waals surface area (Å²) in [4.78, 5) is 0. The first-order valence-electron chi connectivity index (χ1n) is 5.69. The molecule has 1 aromatic carbocycles. The van der Waals surface area contributed by atoms with Crippen LogP contribution in [0.2, 0.25) is 0 Å². The van der Waals surface area contributed by atoms with Crippen molar-refractivity contribution in [1.82, 2.24) is 5.32 Å². The minimum Gasteiger partial charge on any atom is -0.396 e. The van der Waals surface area contributed by atoms with E-state index in [1.54, 1.807) is 0 Å². The van der Waals surface area contributed by atoms with Gasteiger partial charge in [0.2, 0.25) is 0 Å². The third-order valence-electron chi connectivity index (χ3n) is 2.80. The van der Waals surface area contributed by atoms with Gasteiger partial charge in [0.05, 0.1) is 0 Å². The van der Waals surface area contributed by atoms with E-state index in [9.17, 15) is 5.11 Å². The molecule has 0 fully saturated rings. The zero-order valence-electron chi connectivity index (χ0n) is 9.91. The van der Waals surface area contributed by atoms with E-state index in [0.717, 1.165) is 17.6 Å². The van der Waals surface area contributed by atoms with E-state index in [4.69, 9.17) is 0 Å². The van der Waals surface area contributed by atoms with Gasteiger partial charge in [0.25, 0.3) is 0 Å². The van der Waals surface area contributed by atoms with E-state index in [0.29, 0.717) is 11.8 Å². The van der Waals surface area contributed by atoms with Gasteiger partial charge in [-0.2, -0.15) is 0 Å². The maximum Gasteiger partial charge on any atom is 0.0473 e. The summed E-state index contributed by atoms with van der Waals surface area (Å²) in [5.41, 5.74) is 1.26. The van der Waals surface area contributed by atoms with Gasteiger partial charge in [-0.3, -0.25) is 0 Å². The molecule has 3 heteroatoms. The first-order valence-corrected chi connectivity index (χ1v) is 6.48. The average Bonchev–Trinajstić information content (AvgIpc) is 2.24. The Labute approximate surface area is 106 Å². The summed E-state index contributed by atoms with van der Waals surface area (Å²) in [6.07, 6.45) is 0. The molecule has 90 valence electrons. The number of aliphatic hydroxyl groups is 1. The second kappa shape index (κ2) is 7.05. The molecule has 0 bridgehead atoms. The molecule has 1 rings (SSSR count). The third-order valence-corrected chi connectivity index (χ3v) is 3.30. The lowest BCUT2D eigenvalue weighted by Crippen LogP contribution is -2.28. The molecule has 0 saturated carbocycles. The number of rotatable bonds is 6. The van der Waals surface area contributed by atoms with Gasteiger partial charge < -0.3 is 10.4 Å². The van der Waals surface area contributed by atoms with E-state index < -0.39 is 0 Å². The number of hydrogen-bond donors (Lipinski definition) is 2. The Morgan fingerprint density at radius 3 is 2.69 bits per heavy atom. The minimum atomic E-state index is 0.253. The van der Waals surface area contributed by atoms with Crippen LogP contribution in [0.4, 0.5) is 0 Å². The van der Waals surface area contributed by atoms with Crippen LogP contribution in [0.5, 0.6) is 0 Å². The van der Waals surface area contributed by atoms with Crippen LogP contribution in [0, 0.1) is 11.8 Å². The lowest BCUT2D eigenvalue weighted by Gasteiger charge is -2.18. The highest BCUT2D eigenvalue weighted by molar-refractivity contribution is 9.10. The number of halogens is 1. The number of hydrogen-bond acceptors (Lipinski definition) is 2. The van der Waals surface area contributed by atoms with Gasteiger partial charge in [0.15, 0.2) is 0 Å². The van der Waals surface area contributed by atoms with E-state index in [-0.39, 0.29) is 6.61 Å². The monoisotopic (exact) mass is 285 g/mol. The Hall–Kier alpha value is -0.380. The Balaban J connectivity index is 2.35. The maximum absolute atomic E-state index is 9.19. The molecular formula is C13H20BrNO. The van der Waals surface area contributed by atoms with Crippen LogP contribution in [0.3, 0.4) is 0 Å². The normalized spacial score (nSPS) is 13.1. The van der Waals surface area contributed by atoms with Crippen LogP contribution in [-0.2, 0) is 6.54 Å². The van der Waals surface area contributed by atoms with Crippen molar-refractivity contribution in [3.05, 3.63) is 34.3 Å². The summed E-state index contributed by atoms with van der Waals surface area (Å²) in [7, 11) is 0. The molecule has 0 saturated heterocycles. The van der Waals surface area contributed by atoms with Crippen molar-refractivity contribution in [3.8, 4) is 0 Å². The minimum absolute atomic E-state index is 0.253. The van der Waals surface area contributed by atoms with Gasteiger partial charge >= 0.3 is 0 Å². The number of aliphatic hydroxyl groups excluding tert-OH is 1. The van der Waals surface area contributed by atoms with Gasteiger partial charge in [-0.15, -0.1) is 0 Å². The standard InChI is InChI=1S/C13H20BrNO/c1-10(2)12(9-16)8-15-7-11-4-3-5-13(14)6-11/h3-6,10,12,15-16H,7-9H2,1-2H3. The molecule has 0 aliphatic rings. The van der Waals surface area contributed by atoms with Gasteiger partial charge in [0.1, 0.15) is 0 Å². The molecular weight excluding hydrogens is 266 g/mol. The molecule has 2 nitrogen and oxygen atoms in total. The second-order valence-corrected chi connectivity index (χ2v) is 5.36. The molecule has 0 amide bonds. The van der Waals surface area contributed by atoms with E-state index in [2.05, 4.69) is 47.2 Å². The van der Waals surface area contributed by atoms with Crippen molar-refractivity contribution >= 4 is 15.9 Å². The lowest BCUT2D eigenvalue weighted by atomic mass is 9.97. The highest BCUT2D eigenvalue weighted by Crippen LogP contribution is 2.12. The predicted molar refractivity (Wildman–Crippen MR) is 71.3 cm³/mol. The van der Waals surface area contributed by atoms with Crippen molar-refractivity contribution in [3.63, 3.8) is 0 Å². The zero-order valence-corrected chi connectivity index (χ0v) is 11.5. The van der Waals surface area contributed by atoms with E-state index in [1.807, 2.05) is 12.1 Å². The van der Waals surface area contributed by atoms with E-state index >= 15 is 0 Å². The molecule has 0 aliphatic carbocycles. The fourth-order valence-electron chi connectivity index (χ4n) is 1.56. The summed E-state index contributed by atoms with van der Waals surface area (Å²) >= 11 is 3.45. The average molecular weight is 286 g/mol. The number of nitrogens with one attached hydrogen (secondary N) is 1. The molecule has 1 atom stereocenters. The fourth-order valence-corrected chi connectivity index (χ4v) is 2.01. The fraction of sp³-hybridized carbons (Fsp3) is 0.538. The highest BCUT2D eigenvalue weighted by atomic mass is 79.9. The first-order chi connectivity index (χ1) is 7.63. The molecule has 1 unspecified atom stereocenters. The quantitative estimate of drug-likeness (QED) is 0.843. The van der Waals surface area contributed by atoms with Crippen molar-refractivity contribution in [2.24, 2.45) is 11.8 Å². The van der Waals surface area contributed by atoms with Gasteiger partial charge in [-0.25, -0.2) is 0 Å². The molecule has 0 spiro atoms. The molecule has 0 radical (unpaired) electrons. The summed E-state index contributed by atoms with van der Waals surface area (Å²) in [5.74, 6) is 0.854.